The van der Waals surface area contributed by atoms with Crippen LogP contribution in [0.25, 0.3) is 0 Å². The van der Waals surface area contributed by atoms with E-state index in [1.54, 1.807) is 0 Å². The van der Waals surface area contributed by atoms with E-state index in [4.69, 9.17) is 4.74 Å². The number of guanidine groups is 1. The average Bonchev–Trinajstić information content (AvgIpc) is 2.64. The van der Waals surface area contributed by atoms with Crippen molar-refractivity contribution in [2.24, 2.45) is 10.9 Å². The second-order valence-electron chi connectivity index (χ2n) is 6.79. The molecule has 0 radical (unpaired) electrons. The Labute approximate surface area is 182 Å². The van der Waals surface area contributed by atoms with Crippen LogP contribution in [0, 0.1) is 5.92 Å². The highest BCUT2D eigenvalue weighted by Crippen LogP contribution is 2.29. The van der Waals surface area contributed by atoms with E-state index in [1.807, 2.05) is 6.92 Å². The van der Waals surface area contributed by atoms with Crippen LogP contribution in [-0.2, 0) is 17.5 Å². The zero-order valence-electron chi connectivity index (χ0n) is 16.4. The summed E-state index contributed by atoms with van der Waals surface area (Å²) in [6, 6.07) is 5.12. The molecule has 1 heterocycles. The van der Waals surface area contributed by atoms with Gasteiger partial charge in [0, 0.05) is 32.7 Å². The van der Waals surface area contributed by atoms with Gasteiger partial charge < -0.3 is 15.4 Å². The standard InChI is InChI=1S/C19H29F3N4O.HI/c1-3-23-18(24-12-15(2)14-26-8-10-27-11-9-26)25-13-16-4-6-17(7-5-16)19(20,21)22;/h4-7,15H,3,8-14H2,1-2H3,(H2,23,24,25);1H. The summed E-state index contributed by atoms with van der Waals surface area (Å²) < 4.78 is 43.2. The lowest BCUT2D eigenvalue weighted by molar-refractivity contribution is -0.137. The maximum Gasteiger partial charge on any atom is 0.416 e. The maximum absolute atomic E-state index is 12.6. The first-order valence-corrected chi connectivity index (χ1v) is 9.37. The third-order valence-electron chi connectivity index (χ3n) is 4.34. The Balaban J connectivity index is 0.00000392. The minimum Gasteiger partial charge on any atom is -0.379 e. The fourth-order valence-electron chi connectivity index (χ4n) is 2.87. The molecule has 1 aromatic carbocycles. The molecule has 1 aromatic rings. The van der Waals surface area contributed by atoms with E-state index < -0.39 is 11.7 Å². The molecule has 2 N–H and O–H groups in total. The lowest BCUT2D eigenvalue weighted by atomic mass is 10.1. The van der Waals surface area contributed by atoms with Crippen molar-refractivity contribution in [2.45, 2.75) is 26.6 Å². The number of nitrogens with zero attached hydrogens (tertiary/aromatic N) is 2. The van der Waals surface area contributed by atoms with E-state index in [2.05, 4.69) is 27.4 Å². The molecule has 0 aromatic heterocycles. The Hall–Kier alpha value is -1.07. The molecule has 0 amide bonds. The number of morpholine rings is 1. The van der Waals surface area contributed by atoms with E-state index in [-0.39, 0.29) is 24.0 Å². The Morgan fingerprint density at radius 2 is 1.82 bits per heavy atom. The second kappa shape index (κ2) is 12.5. The van der Waals surface area contributed by atoms with Gasteiger partial charge in [-0.25, -0.2) is 4.99 Å². The zero-order chi connectivity index (χ0) is 19.7. The lowest BCUT2D eigenvalue weighted by Crippen LogP contribution is -2.44. The van der Waals surface area contributed by atoms with Gasteiger partial charge in [0.1, 0.15) is 0 Å². The number of rotatable bonds is 7. The SMILES string of the molecule is CCNC(=NCc1ccc(C(F)(F)F)cc1)NCC(C)CN1CCOCC1.I. The van der Waals surface area contributed by atoms with E-state index in [1.165, 1.54) is 12.1 Å². The normalized spacial score (nSPS) is 17.0. The van der Waals surface area contributed by atoms with Crippen LogP contribution < -0.4 is 10.6 Å². The fourth-order valence-corrected chi connectivity index (χ4v) is 2.87. The molecule has 1 saturated heterocycles. The van der Waals surface area contributed by atoms with Crippen molar-refractivity contribution in [3.63, 3.8) is 0 Å². The summed E-state index contributed by atoms with van der Waals surface area (Å²) in [5.41, 5.74) is 0.0961. The molecular weight excluding hydrogens is 484 g/mol. The first-order valence-electron chi connectivity index (χ1n) is 9.37. The smallest absolute Gasteiger partial charge is 0.379 e. The summed E-state index contributed by atoms with van der Waals surface area (Å²) in [6.45, 7) is 10.5. The molecule has 0 bridgehead atoms. The minimum absolute atomic E-state index is 0. The summed E-state index contributed by atoms with van der Waals surface area (Å²) in [5.74, 6) is 1.12. The highest BCUT2D eigenvalue weighted by atomic mass is 127. The number of hydrogen-bond donors (Lipinski definition) is 2. The van der Waals surface area contributed by atoms with Gasteiger partial charge in [-0.2, -0.15) is 13.2 Å². The maximum atomic E-state index is 12.6. The molecule has 0 spiro atoms. The number of halogens is 4. The average molecular weight is 514 g/mol. The topological polar surface area (TPSA) is 48.9 Å². The summed E-state index contributed by atoms with van der Waals surface area (Å²) >= 11 is 0. The van der Waals surface area contributed by atoms with Crippen LogP contribution in [0.5, 0.6) is 0 Å². The van der Waals surface area contributed by atoms with Gasteiger partial charge in [0.2, 0.25) is 0 Å². The van der Waals surface area contributed by atoms with Crippen LogP contribution >= 0.6 is 24.0 Å². The van der Waals surface area contributed by atoms with Crippen LogP contribution in [0.3, 0.4) is 0 Å². The predicted molar refractivity (Wildman–Crippen MR) is 116 cm³/mol. The molecule has 0 saturated carbocycles. The third-order valence-corrected chi connectivity index (χ3v) is 4.34. The Bertz CT molecular complexity index is 590. The van der Waals surface area contributed by atoms with Gasteiger partial charge in [0.05, 0.1) is 25.3 Å². The van der Waals surface area contributed by atoms with Crippen LogP contribution in [-0.4, -0.2) is 56.8 Å². The number of ether oxygens (including phenoxy) is 1. The number of benzene rings is 1. The van der Waals surface area contributed by atoms with Gasteiger partial charge in [-0.1, -0.05) is 19.1 Å². The molecule has 9 heteroatoms. The minimum atomic E-state index is -4.31. The molecule has 1 aliphatic heterocycles. The Morgan fingerprint density at radius 1 is 1.18 bits per heavy atom. The largest absolute Gasteiger partial charge is 0.416 e. The van der Waals surface area contributed by atoms with Crippen molar-refractivity contribution in [3.8, 4) is 0 Å². The highest BCUT2D eigenvalue weighted by molar-refractivity contribution is 14.0. The molecule has 160 valence electrons. The molecule has 28 heavy (non-hydrogen) atoms. The molecule has 1 atom stereocenters. The number of nitrogens with one attached hydrogen (secondary N) is 2. The van der Waals surface area contributed by atoms with Gasteiger partial charge in [-0.15, -0.1) is 24.0 Å². The second-order valence-corrected chi connectivity index (χ2v) is 6.79. The summed E-state index contributed by atoms with van der Waals surface area (Å²) in [5, 5.41) is 6.49. The van der Waals surface area contributed by atoms with E-state index in [0.717, 1.165) is 63.6 Å². The molecule has 5 nitrogen and oxygen atoms in total. The number of alkyl halides is 3. The molecule has 1 aliphatic rings. The molecule has 2 rings (SSSR count). The quantitative estimate of drug-likeness (QED) is 0.333. The Kier molecular flexibility index (Phi) is 11.1. The van der Waals surface area contributed by atoms with Gasteiger partial charge in [0.15, 0.2) is 5.96 Å². The monoisotopic (exact) mass is 514 g/mol. The number of aliphatic imine (C=N–C) groups is 1. The predicted octanol–water partition coefficient (Wildman–Crippen LogP) is 3.35. The highest BCUT2D eigenvalue weighted by Gasteiger charge is 2.29. The van der Waals surface area contributed by atoms with Gasteiger partial charge in [-0.05, 0) is 30.5 Å². The van der Waals surface area contributed by atoms with Crippen molar-refractivity contribution in [1.29, 1.82) is 0 Å². The molecule has 1 unspecified atom stereocenters. The zero-order valence-corrected chi connectivity index (χ0v) is 18.7. The number of hydrogen-bond acceptors (Lipinski definition) is 3. The van der Waals surface area contributed by atoms with E-state index in [0.29, 0.717) is 18.4 Å². The molecular formula is C19H30F3IN4O. The van der Waals surface area contributed by atoms with Gasteiger partial charge >= 0.3 is 6.18 Å². The van der Waals surface area contributed by atoms with Crippen molar-refractivity contribution >= 4 is 29.9 Å². The Morgan fingerprint density at radius 3 is 2.39 bits per heavy atom. The van der Waals surface area contributed by atoms with E-state index in [9.17, 15) is 13.2 Å². The van der Waals surface area contributed by atoms with Crippen LogP contribution in [0.15, 0.2) is 29.3 Å². The van der Waals surface area contributed by atoms with Crippen LogP contribution in [0.2, 0.25) is 0 Å². The van der Waals surface area contributed by atoms with Crippen LogP contribution in [0.1, 0.15) is 25.0 Å². The first-order chi connectivity index (χ1) is 12.9. The molecule has 0 aliphatic carbocycles. The van der Waals surface area contributed by atoms with Gasteiger partial charge in [-0.3, -0.25) is 4.90 Å². The lowest BCUT2D eigenvalue weighted by Gasteiger charge is -2.29. The molecule has 1 fully saturated rings. The first kappa shape index (κ1) is 25.0. The van der Waals surface area contributed by atoms with Crippen molar-refractivity contribution in [2.75, 3.05) is 45.9 Å². The van der Waals surface area contributed by atoms with Crippen molar-refractivity contribution in [1.82, 2.24) is 15.5 Å². The third kappa shape index (κ3) is 8.95. The van der Waals surface area contributed by atoms with Crippen molar-refractivity contribution in [3.05, 3.63) is 35.4 Å². The summed E-state index contributed by atoms with van der Waals surface area (Å²) in [7, 11) is 0. The van der Waals surface area contributed by atoms with Gasteiger partial charge in [0.25, 0.3) is 0 Å². The van der Waals surface area contributed by atoms with E-state index >= 15 is 0 Å². The van der Waals surface area contributed by atoms with Crippen LogP contribution in [0.4, 0.5) is 13.2 Å². The summed E-state index contributed by atoms with van der Waals surface area (Å²) in [4.78, 5) is 6.86. The summed E-state index contributed by atoms with van der Waals surface area (Å²) in [6.07, 6.45) is -4.31. The fraction of sp³-hybridized carbons (Fsp3) is 0.632. The van der Waals surface area contributed by atoms with Crippen molar-refractivity contribution < 1.29 is 17.9 Å².